The summed E-state index contributed by atoms with van der Waals surface area (Å²) < 4.78 is 27.5. The lowest BCUT2D eigenvalue weighted by Crippen LogP contribution is -2.13. The summed E-state index contributed by atoms with van der Waals surface area (Å²) in [6.07, 6.45) is 0. The van der Waals surface area contributed by atoms with E-state index < -0.39 is 16.0 Å². The molecule has 25 heavy (non-hydrogen) atoms. The molecule has 0 amide bonds. The lowest BCUT2D eigenvalue weighted by atomic mass is 10.1. The van der Waals surface area contributed by atoms with Gasteiger partial charge in [-0.1, -0.05) is 12.1 Å². The number of aromatic hydroxyl groups is 1. The lowest BCUT2D eigenvalue weighted by molar-refractivity contribution is 0.0697. The van der Waals surface area contributed by atoms with Gasteiger partial charge in [0, 0.05) is 11.1 Å². The highest BCUT2D eigenvalue weighted by Gasteiger charge is 2.16. The van der Waals surface area contributed by atoms with Crippen molar-refractivity contribution in [1.82, 2.24) is 0 Å². The fourth-order valence-electron chi connectivity index (χ4n) is 2.46. The third-order valence-electron chi connectivity index (χ3n) is 3.86. The van der Waals surface area contributed by atoms with Gasteiger partial charge in [-0.3, -0.25) is 4.72 Å². The Bertz CT molecular complexity index is 1070. The first-order valence-electron chi connectivity index (χ1n) is 7.36. The van der Waals surface area contributed by atoms with E-state index in [9.17, 15) is 18.3 Å². The van der Waals surface area contributed by atoms with Crippen molar-refractivity contribution in [3.05, 3.63) is 65.7 Å². The molecule has 3 aromatic rings. The van der Waals surface area contributed by atoms with Crippen molar-refractivity contribution in [2.45, 2.75) is 11.8 Å². The molecule has 128 valence electrons. The van der Waals surface area contributed by atoms with Crippen LogP contribution in [-0.4, -0.2) is 24.6 Å². The highest BCUT2D eigenvalue weighted by Crippen LogP contribution is 2.30. The molecule has 0 fully saturated rings. The molecule has 0 aliphatic carbocycles. The van der Waals surface area contributed by atoms with Crippen LogP contribution >= 0.6 is 0 Å². The SMILES string of the molecule is Cc1ccc2cc(S(=O)(=O)Nc3ccc(C(=O)O)cc3)ccc2c1O. The maximum absolute atomic E-state index is 12.5. The summed E-state index contributed by atoms with van der Waals surface area (Å²) in [6, 6.07) is 13.3. The number of rotatable bonds is 4. The third-order valence-corrected chi connectivity index (χ3v) is 5.24. The van der Waals surface area contributed by atoms with Crippen molar-refractivity contribution in [2.24, 2.45) is 0 Å². The number of phenolic OH excluding ortho intramolecular Hbond substituents is 1. The number of aryl methyl sites for hydroxylation is 1. The fraction of sp³-hybridized carbons (Fsp3) is 0.0556. The topological polar surface area (TPSA) is 104 Å². The van der Waals surface area contributed by atoms with E-state index in [1.807, 2.05) is 0 Å². The Balaban J connectivity index is 1.95. The quantitative estimate of drug-likeness (QED) is 0.664. The summed E-state index contributed by atoms with van der Waals surface area (Å²) in [4.78, 5) is 10.9. The van der Waals surface area contributed by atoms with Crippen LogP contribution in [0.15, 0.2) is 59.5 Å². The summed E-state index contributed by atoms with van der Waals surface area (Å²) >= 11 is 0. The van der Waals surface area contributed by atoms with Gasteiger partial charge in [0.05, 0.1) is 10.5 Å². The average Bonchev–Trinajstić information content (AvgIpc) is 2.58. The van der Waals surface area contributed by atoms with E-state index in [1.54, 1.807) is 25.1 Å². The van der Waals surface area contributed by atoms with Gasteiger partial charge < -0.3 is 10.2 Å². The molecule has 0 heterocycles. The minimum Gasteiger partial charge on any atom is -0.507 e. The largest absolute Gasteiger partial charge is 0.507 e. The van der Waals surface area contributed by atoms with Crippen LogP contribution in [0.4, 0.5) is 5.69 Å². The Kier molecular flexibility index (Phi) is 4.10. The van der Waals surface area contributed by atoms with Gasteiger partial charge in [-0.25, -0.2) is 13.2 Å². The van der Waals surface area contributed by atoms with Gasteiger partial charge in [-0.15, -0.1) is 0 Å². The van der Waals surface area contributed by atoms with Gasteiger partial charge in [-0.2, -0.15) is 0 Å². The van der Waals surface area contributed by atoms with Crippen LogP contribution in [0.5, 0.6) is 5.75 Å². The number of hydrogen-bond donors (Lipinski definition) is 3. The van der Waals surface area contributed by atoms with Crippen LogP contribution in [0, 0.1) is 6.92 Å². The average molecular weight is 357 g/mol. The summed E-state index contributed by atoms with van der Waals surface area (Å²) in [6.45, 7) is 1.77. The summed E-state index contributed by atoms with van der Waals surface area (Å²) in [7, 11) is -3.84. The van der Waals surface area contributed by atoms with Crippen LogP contribution in [0.1, 0.15) is 15.9 Å². The van der Waals surface area contributed by atoms with Gasteiger partial charge >= 0.3 is 5.97 Å². The molecule has 0 bridgehead atoms. The standard InChI is InChI=1S/C18H15NO5S/c1-11-2-3-13-10-15(8-9-16(13)17(11)20)25(23,24)19-14-6-4-12(5-7-14)18(21)22/h2-10,19-20H,1H3,(H,21,22). The molecule has 3 N–H and O–H groups in total. The zero-order chi connectivity index (χ0) is 18.2. The number of nitrogens with one attached hydrogen (secondary N) is 1. The number of phenols is 1. The molecule has 0 aliphatic rings. The third kappa shape index (κ3) is 3.27. The van der Waals surface area contributed by atoms with Crippen molar-refractivity contribution in [1.29, 1.82) is 0 Å². The fourth-order valence-corrected chi connectivity index (χ4v) is 3.56. The molecule has 0 atom stereocenters. The maximum Gasteiger partial charge on any atom is 0.335 e. The second-order valence-electron chi connectivity index (χ2n) is 5.60. The van der Waals surface area contributed by atoms with Gasteiger partial charge in [-0.05, 0) is 60.3 Å². The van der Waals surface area contributed by atoms with Crippen molar-refractivity contribution in [3.8, 4) is 5.75 Å². The Hall–Kier alpha value is -3.06. The van der Waals surface area contributed by atoms with E-state index in [1.165, 1.54) is 36.4 Å². The zero-order valence-electron chi connectivity index (χ0n) is 13.2. The molecular weight excluding hydrogens is 342 g/mol. The smallest absolute Gasteiger partial charge is 0.335 e. The molecule has 0 aromatic heterocycles. The molecule has 0 saturated carbocycles. The summed E-state index contributed by atoms with van der Waals surface area (Å²) in [5, 5.41) is 20.1. The normalized spacial score (nSPS) is 11.4. The van der Waals surface area contributed by atoms with Gasteiger partial charge in [0.15, 0.2) is 0 Å². The maximum atomic E-state index is 12.5. The number of carbonyl (C=O) groups is 1. The molecule has 0 saturated heterocycles. The number of anilines is 1. The summed E-state index contributed by atoms with van der Waals surface area (Å²) in [5.74, 6) is -0.960. The van der Waals surface area contributed by atoms with Crippen molar-refractivity contribution in [3.63, 3.8) is 0 Å². The first-order chi connectivity index (χ1) is 11.8. The lowest BCUT2D eigenvalue weighted by Gasteiger charge is -2.10. The van der Waals surface area contributed by atoms with E-state index in [-0.39, 0.29) is 21.9 Å². The van der Waals surface area contributed by atoms with Crippen LogP contribution in [0.25, 0.3) is 10.8 Å². The molecule has 3 aromatic carbocycles. The van der Waals surface area contributed by atoms with E-state index >= 15 is 0 Å². The molecule has 0 aliphatic heterocycles. The number of sulfonamides is 1. The van der Waals surface area contributed by atoms with E-state index in [4.69, 9.17) is 5.11 Å². The van der Waals surface area contributed by atoms with E-state index in [0.717, 1.165) is 0 Å². The minimum absolute atomic E-state index is 0.0468. The zero-order valence-corrected chi connectivity index (χ0v) is 14.0. The van der Waals surface area contributed by atoms with Gasteiger partial charge in [0.2, 0.25) is 0 Å². The highest BCUT2D eigenvalue weighted by molar-refractivity contribution is 7.92. The highest BCUT2D eigenvalue weighted by atomic mass is 32.2. The Morgan fingerprint density at radius 3 is 2.32 bits per heavy atom. The molecule has 7 heteroatoms. The first-order valence-corrected chi connectivity index (χ1v) is 8.85. The van der Waals surface area contributed by atoms with Crippen molar-refractivity contribution < 1.29 is 23.4 Å². The number of carboxylic acids is 1. The molecular formula is C18H15NO5S. The van der Waals surface area contributed by atoms with Crippen molar-refractivity contribution in [2.75, 3.05) is 4.72 Å². The predicted molar refractivity (Wildman–Crippen MR) is 94.6 cm³/mol. The number of aromatic carboxylic acids is 1. The van der Waals surface area contributed by atoms with E-state index in [0.29, 0.717) is 16.3 Å². The molecule has 3 rings (SSSR count). The van der Waals surface area contributed by atoms with Crippen LogP contribution in [-0.2, 0) is 10.0 Å². The van der Waals surface area contributed by atoms with Crippen LogP contribution in [0.3, 0.4) is 0 Å². The Labute approximate surface area is 144 Å². The Morgan fingerprint density at radius 2 is 1.68 bits per heavy atom. The number of carboxylic acid groups (broad SMARTS) is 1. The molecule has 6 nitrogen and oxygen atoms in total. The molecule has 0 unspecified atom stereocenters. The monoisotopic (exact) mass is 357 g/mol. The summed E-state index contributed by atoms with van der Waals surface area (Å²) in [5.41, 5.74) is 1.04. The van der Waals surface area contributed by atoms with Crippen LogP contribution < -0.4 is 4.72 Å². The van der Waals surface area contributed by atoms with Gasteiger partial charge in [0.25, 0.3) is 10.0 Å². The number of fused-ring (bicyclic) bond motifs is 1. The second kappa shape index (κ2) is 6.10. The first kappa shape index (κ1) is 16.8. The van der Waals surface area contributed by atoms with Crippen molar-refractivity contribution >= 4 is 32.5 Å². The minimum atomic E-state index is -3.84. The van der Waals surface area contributed by atoms with Gasteiger partial charge in [0.1, 0.15) is 5.75 Å². The number of hydrogen-bond acceptors (Lipinski definition) is 4. The number of benzene rings is 3. The Morgan fingerprint density at radius 1 is 1.00 bits per heavy atom. The molecule has 0 spiro atoms. The molecule has 0 radical (unpaired) electrons. The predicted octanol–water partition coefficient (Wildman–Crippen LogP) is 3.35. The van der Waals surface area contributed by atoms with Crippen LogP contribution in [0.2, 0.25) is 0 Å². The van der Waals surface area contributed by atoms with E-state index in [2.05, 4.69) is 4.72 Å². The second-order valence-corrected chi connectivity index (χ2v) is 7.28.